The highest BCUT2D eigenvalue weighted by Gasteiger charge is 2.37. The summed E-state index contributed by atoms with van der Waals surface area (Å²) in [5.41, 5.74) is 3.87. The Balaban J connectivity index is 1.95. The molecule has 0 heterocycles. The summed E-state index contributed by atoms with van der Waals surface area (Å²) in [6, 6.07) is 18.7. The molecule has 0 bridgehead atoms. The number of benzene rings is 2. The average molecular weight is 318 g/mol. The summed E-state index contributed by atoms with van der Waals surface area (Å²) in [5, 5.41) is 0. The van der Waals surface area contributed by atoms with Crippen molar-refractivity contribution >= 4 is 11.6 Å². The fraction of sp³-hybridized carbons (Fsp3) is 0.273. The molecule has 0 N–H and O–H groups in total. The lowest BCUT2D eigenvalue weighted by Crippen LogP contribution is -2.33. The van der Waals surface area contributed by atoms with E-state index in [0.29, 0.717) is 24.0 Å². The lowest BCUT2D eigenvalue weighted by atomic mass is 9.70. The summed E-state index contributed by atoms with van der Waals surface area (Å²) in [6.07, 6.45) is 1.34. The van der Waals surface area contributed by atoms with Crippen LogP contribution in [0.5, 0.6) is 0 Å². The predicted molar refractivity (Wildman–Crippen MR) is 96.1 cm³/mol. The molecule has 2 nitrogen and oxygen atoms in total. The molecule has 0 spiro atoms. The van der Waals surface area contributed by atoms with Gasteiger partial charge in [-0.2, -0.15) is 0 Å². The second-order valence-corrected chi connectivity index (χ2v) is 6.64. The van der Waals surface area contributed by atoms with Gasteiger partial charge in [-0.15, -0.1) is 0 Å². The van der Waals surface area contributed by atoms with Crippen LogP contribution in [0.25, 0.3) is 0 Å². The normalized spacial score (nSPS) is 20.8. The van der Waals surface area contributed by atoms with E-state index in [9.17, 15) is 9.59 Å². The van der Waals surface area contributed by atoms with Crippen molar-refractivity contribution in [3.05, 3.63) is 82.9 Å². The molecule has 0 aliphatic heterocycles. The van der Waals surface area contributed by atoms with E-state index in [1.54, 1.807) is 0 Å². The van der Waals surface area contributed by atoms with Crippen molar-refractivity contribution in [1.82, 2.24) is 0 Å². The molecule has 0 amide bonds. The Bertz CT molecular complexity index is 705. The number of Topliss-reactive ketones (excluding diaryl/α,β-unsaturated/α-hetero) is 2. The van der Waals surface area contributed by atoms with E-state index in [2.05, 4.69) is 13.8 Å². The number of carbonyl (C=O) groups excluding carboxylic acids is 2. The van der Waals surface area contributed by atoms with Gasteiger partial charge in [0, 0.05) is 23.0 Å². The molecular weight excluding hydrogens is 296 g/mol. The highest BCUT2D eigenvalue weighted by molar-refractivity contribution is 6.05. The number of allylic oxidation sites excluding steroid dienone is 2. The minimum Gasteiger partial charge on any atom is -0.294 e. The summed E-state index contributed by atoms with van der Waals surface area (Å²) in [6.45, 7) is 4.15. The largest absolute Gasteiger partial charge is 0.294 e. The topological polar surface area (TPSA) is 34.1 Å². The molecule has 0 unspecified atom stereocenters. The summed E-state index contributed by atoms with van der Waals surface area (Å²) >= 11 is 0. The Morgan fingerprint density at radius 3 is 1.33 bits per heavy atom. The maximum absolute atomic E-state index is 13.0. The average Bonchev–Trinajstić information content (AvgIpc) is 2.64. The van der Waals surface area contributed by atoms with E-state index in [1.165, 1.54) is 11.1 Å². The minimum absolute atomic E-state index is 0.0803. The number of ketones is 2. The fourth-order valence-electron chi connectivity index (χ4n) is 3.48. The molecule has 1 aliphatic carbocycles. The molecule has 0 saturated carbocycles. The monoisotopic (exact) mass is 318 g/mol. The summed E-state index contributed by atoms with van der Waals surface area (Å²) in [7, 11) is 0. The molecule has 0 radical (unpaired) electrons. The Kier molecular flexibility index (Phi) is 4.75. The van der Waals surface area contributed by atoms with Gasteiger partial charge in [0.25, 0.3) is 0 Å². The first-order valence-corrected chi connectivity index (χ1v) is 8.41. The van der Waals surface area contributed by atoms with Crippen LogP contribution >= 0.6 is 0 Å². The van der Waals surface area contributed by atoms with E-state index in [-0.39, 0.29) is 23.4 Å². The molecule has 0 saturated heterocycles. The van der Waals surface area contributed by atoms with E-state index >= 15 is 0 Å². The third-order valence-corrected chi connectivity index (χ3v) is 5.06. The van der Waals surface area contributed by atoms with E-state index in [0.717, 1.165) is 0 Å². The van der Waals surface area contributed by atoms with Crippen molar-refractivity contribution in [3.63, 3.8) is 0 Å². The van der Waals surface area contributed by atoms with Gasteiger partial charge in [0.15, 0.2) is 11.6 Å². The van der Waals surface area contributed by atoms with Gasteiger partial charge >= 0.3 is 0 Å². The molecular formula is C22H22O2. The standard InChI is InChI=1S/C22H22O2/c1-15-13-19(21(23)17-9-5-3-6-10-17)20(14-16(15)2)22(24)18-11-7-4-8-12-18/h3-12,19-20H,13-14H2,1-2H3/t19-,20-/m1/s1. The quantitative estimate of drug-likeness (QED) is 0.579. The lowest BCUT2D eigenvalue weighted by molar-refractivity contribution is 0.0753. The van der Waals surface area contributed by atoms with E-state index in [4.69, 9.17) is 0 Å². The van der Waals surface area contributed by atoms with Crippen LogP contribution < -0.4 is 0 Å². The van der Waals surface area contributed by atoms with Crippen LogP contribution in [-0.4, -0.2) is 11.6 Å². The highest BCUT2D eigenvalue weighted by Crippen LogP contribution is 2.37. The third kappa shape index (κ3) is 3.23. The van der Waals surface area contributed by atoms with Crippen LogP contribution in [0.4, 0.5) is 0 Å². The zero-order chi connectivity index (χ0) is 17.1. The van der Waals surface area contributed by atoms with Gasteiger partial charge in [0.1, 0.15) is 0 Å². The molecule has 2 aromatic rings. The van der Waals surface area contributed by atoms with Gasteiger partial charge in [-0.25, -0.2) is 0 Å². The second-order valence-electron chi connectivity index (χ2n) is 6.64. The van der Waals surface area contributed by atoms with Crippen LogP contribution in [0.15, 0.2) is 71.8 Å². The van der Waals surface area contributed by atoms with Gasteiger partial charge in [0.05, 0.1) is 0 Å². The van der Waals surface area contributed by atoms with Gasteiger partial charge in [-0.3, -0.25) is 9.59 Å². The van der Waals surface area contributed by atoms with Gasteiger partial charge < -0.3 is 0 Å². The molecule has 3 rings (SSSR count). The number of carbonyl (C=O) groups is 2. The van der Waals surface area contributed by atoms with Crippen LogP contribution in [0.1, 0.15) is 47.4 Å². The van der Waals surface area contributed by atoms with Gasteiger partial charge in [-0.05, 0) is 26.7 Å². The fourth-order valence-corrected chi connectivity index (χ4v) is 3.48. The summed E-state index contributed by atoms with van der Waals surface area (Å²) in [5.74, 6) is -0.388. The van der Waals surface area contributed by atoms with Crippen molar-refractivity contribution in [2.24, 2.45) is 11.8 Å². The van der Waals surface area contributed by atoms with E-state index in [1.807, 2.05) is 60.7 Å². The lowest BCUT2D eigenvalue weighted by Gasteiger charge is -2.31. The Morgan fingerprint density at radius 1 is 0.667 bits per heavy atom. The minimum atomic E-state index is -0.274. The zero-order valence-electron chi connectivity index (χ0n) is 14.2. The van der Waals surface area contributed by atoms with Crippen molar-refractivity contribution in [1.29, 1.82) is 0 Å². The number of hydrogen-bond donors (Lipinski definition) is 0. The maximum atomic E-state index is 13.0. The van der Waals surface area contributed by atoms with Crippen molar-refractivity contribution < 1.29 is 9.59 Å². The molecule has 2 heteroatoms. The number of rotatable bonds is 4. The molecule has 0 fully saturated rings. The SMILES string of the molecule is CC1=C(C)C[C@@H](C(=O)c2ccccc2)[C@H](C(=O)c2ccccc2)C1. The second kappa shape index (κ2) is 6.96. The van der Waals surface area contributed by atoms with Gasteiger partial charge in [0.2, 0.25) is 0 Å². The van der Waals surface area contributed by atoms with Crippen molar-refractivity contribution in [2.75, 3.05) is 0 Å². The molecule has 24 heavy (non-hydrogen) atoms. The smallest absolute Gasteiger partial charge is 0.167 e. The summed E-state index contributed by atoms with van der Waals surface area (Å²) < 4.78 is 0. The van der Waals surface area contributed by atoms with Crippen LogP contribution in [-0.2, 0) is 0 Å². The first-order valence-electron chi connectivity index (χ1n) is 8.41. The predicted octanol–water partition coefficient (Wildman–Crippen LogP) is 5.11. The van der Waals surface area contributed by atoms with Crippen LogP contribution in [0.3, 0.4) is 0 Å². The Hall–Kier alpha value is -2.48. The molecule has 122 valence electrons. The molecule has 1 aliphatic rings. The number of hydrogen-bond acceptors (Lipinski definition) is 2. The van der Waals surface area contributed by atoms with Crippen LogP contribution in [0, 0.1) is 11.8 Å². The third-order valence-electron chi connectivity index (χ3n) is 5.06. The Morgan fingerprint density at radius 2 is 1.00 bits per heavy atom. The van der Waals surface area contributed by atoms with Crippen LogP contribution in [0.2, 0.25) is 0 Å². The van der Waals surface area contributed by atoms with E-state index < -0.39 is 0 Å². The van der Waals surface area contributed by atoms with Gasteiger partial charge in [-0.1, -0.05) is 71.8 Å². The maximum Gasteiger partial charge on any atom is 0.167 e. The first-order chi connectivity index (χ1) is 11.6. The molecule has 2 atom stereocenters. The zero-order valence-corrected chi connectivity index (χ0v) is 14.2. The van der Waals surface area contributed by atoms with Crippen molar-refractivity contribution in [2.45, 2.75) is 26.7 Å². The Labute approximate surface area is 143 Å². The summed E-state index contributed by atoms with van der Waals surface area (Å²) in [4.78, 5) is 26.0. The molecule has 2 aromatic carbocycles. The molecule has 0 aromatic heterocycles. The first kappa shape index (κ1) is 16.4. The highest BCUT2D eigenvalue weighted by atomic mass is 16.1. The van der Waals surface area contributed by atoms with Crippen molar-refractivity contribution in [3.8, 4) is 0 Å².